The lowest BCUT2D eigenvalue weighted by atomic mass is 9.84. The summed E-state index contributed by atoms with van der Waals surface area (Å²) in [6.07, 6.45) is 1.60. The van der Waals surface area contributed by atoms with Crippen molar-refractivity contribution in [2.75, 3.05) is 5.32 Å². The van der Waals surface area contributed by atoms with E-state index in [2.05, 4.69) is 5.32 Å². The molecule has 26 heavy (non-hydrogen) atoms. The normalized spacial score (nSPS) is 19.3. The van der Waals surface area contributed by atoms with Crippen LogP contribution in [0.25, 0.3) is 38.4 Å². The maximum absolute atomic E-state index is 11.7. The van der Waals surface area contributed by atoms with Crippen molar-refractivity contribution in [2.45, 2.75) is 19.1 Å². The molecule has 0 bridgehead atoms. The SMILES string of the molecule is CC(=O)Nc1cc2cc3c(c4ccc5cccc1c5c24)[C@H](O)[C@@H](O)C=C3. The number of carbonyl (C=O) groups is 1. The fourth-order valence-electron chi connectivity index (χ4n) is 4.19. The standard InChI is InChI=1S/C22H17NO3/c1-11(24)23-17-10-14-9-13-6-8-18(25)22(26)21(13)16-7-5-12-3-2-4-15(17)19(12)20(14)16/h2-10,18,22,25-26H,1H3,(H,23,24)/t18-,22+/m0/s1. The van der Waals surface area contributed by atoms with Crippen molar-refractivity contribution in [3.8, 4) is 0 Å². The zero-order valence-corrected chi connectivity index (χ0v) is 14.2. The van der Waals surface area contributed by atoms with Gasteiger partial charge in [-0.25, -0.2) is 0 Å². The Kier molecular flexibility index (Phi) is 3.11. The van der Waals surface area contributed by atoms with Gasteiger partial charge in [-0.2, -0.15) is 0 Å². The molecule has 1 amide bonds. The van der Waals surface area contributed by atoms with Gasteiger partial charge in [-0.1, -0.05) is 42.5 Å². The van der Waals surface area contributed by atoms with Crippen molar-refractivity contribution in [3.05, 3.63) is 59.7 Å². The fourth-order valence-corrected chi connectivity index (χ4v) is 4.19. The van der Waals surface area contributed by atoms with Crippen LogP contribution in [-0.4, -0.2) is 22.2 Å². The molecule has 0 aromatic heterocycles. The van der Waals surface area contributed by atoms with E-state index in [0.29, 0.717) is 0 Å². The number of benzene rings is 4. The maximum atomic E-state index is 11.7. The number of anilines is 1. The van der Waals surface area contributed by atoms with E-state index in [-0.39, 0.29) is 5.91 Å². The third kappa shape index (κ3) is 2.00. The van der Waals surface area contributed by atoms with Gasteiger partial charge in [0.2, 0.25) is 5.91 Å². The molecule has 128 valence electrons. The first-order valence-electron chi connectivity index (χ1n) is 8.61. The highest BCUT2D eigenvalue weighted by Crippen LogP contribution is 2.44. The van der Waals surface area contributed by atoms with E-state index in [0.717, 1.165) is 49.1 Å². The lowest BCUT2D eigenvalue weighted by Gasteiger charge is -2.25. The van der Waals surface area contributed by atoms with Gasteiger partial charge in [0.05, 0.1) is 0 Å². The molecule has 0 spiro atoms. The molecule has 0 radical (unpaired) electrons. The van der Waals surface area contributed by atoms with Crippen LogP contribution >= 0.6 is 0 Å². The second-order valence-electron chi connectivity index (χ2n) is 6.89. The number of fused-ring (bicyclic) bond motifs is 2. The Bertz CT molecular complexity index is 1220. The van der Waals surface area contributed by atoms with Crippen LogP contribution in [0.5, 0.6) is 0 Å². The summed E-state index contributed by atoms with van der Waals surface area (Å²) in [7, 11) is 0. The zero-order chi connectivity index (χ0) is 18.0. The number of aliphatic hydroxyl groups is 2. The second-order valence-corrected chi connectivity index (χ2v) is 6.89. The summed E-state index contributed by atoms with van der Waals surface area (Å²) in [4.78, 5) is 11.7. The minimum absolute atomic E-state index is 0.111. The molecular weight excluding hydrogens is 326 g/mol. The number of hydrogen-bond acceptors (Lipinski definition) is 3. The van der Waals surface area contributed by atoms with E-state index in [9.17, 15) is 15.0 Å². The third-order valence-corrected chi connectivity index (χ3v) is 5.24. The van der Waals surface area contributed by atoms with Crippen molar-refractivity contribution >= 4 is 50.0 Å². The number of carbonyl (C=O) groups excluding carboxylic acids is 1. The molecule has 4 heteroatoms. The first kappa shape index (κ1) is 15.3. The third-order valence-electron chi connectivity index (χ3n) is 5.24. The summed E-state index contributed by atoms with van der Waals surface area (Å²) >= 11 is 0. The van der Waals surface area contributed by atoms with Gasteiger partial charge in [0.25, 0.3) is 0 Å². The monoisotopic (exact) mass is 343 g/mol. The molecule has 4 aromatic carbocycles. The minimum atomic E-state index is -0.950. The van der Waals surface area contributed by atoms with Gasteiger partial charge in [-0.05, 0) is 50.2 Å². The van der Waals surface area contributed by atoms with Gasteiger partial charge in [0.15, 0.2) is 0 Å². The highest BCUT2D eigenvalue weighted by molar-refractivity contribution is 6.27. The number of nitrogens with one attached hydrogen (secondary N) is 1. The van der Waals surface area contributed by atoms with Crippen LogP contribution in [0.15, 0.2) is 48.5 Å². The Morgan fingerprint density at radius 3 is 2.62 bits per heavy atom. The lowest BCUT2D eigenvalue weighted by Crippen LogP contribution is -2.19. The molecule has 3 N–H and O–H groups in total. The predicted molar refractivity (Wildman–Crippen MR) is 104 cm³/mol. The molecule has 0 aliphatic heterocycles. The minimum Gasteiger partial charge on any atom is -0.386 e. The highest BCUT2D eigenvalue weighted by atomic mass is 16.3. The summed E-state index contributed by atoms with van der Waals surface area (Å²) < 4.78 is 0. The molecule has 0 unspecified atom stereocenters. The maximum Gasteiger partial charge on any atom is 0.221 e. The largest absolute Gasteiger partial charge is 0.386 e. The number of aliphatic hydroxyl groups excluding tert-OH is 2. The molecule has 5 rings (SSSR count). The molecule has 0 heterocycles. The van der Waals surface area contributed by atoms with Crippen molar-refractivity contribution in [1.82, 2.24) is 0 Å². The van der Waals surface area contributed by atoms with E-state index in [1.807, 2.05) is 48.5 Å². The number of hydrogen-bond donors (Lipinski definition) is 3. The van der Waals surface area contributed by atoms with Gasteiger partial charge in [0.1, 0.15) is 12.2 Å². The van der Waals surface area contributed by atoms with Crippen LogP contribution in [0.3, 0.4) is 0 Å². The molecule has 4 nitrogen and oxygen atoms in total. The van der Waals surface area contributed by atoms with Crippen LogP contribution in [0.4, 0.5) is 5.69 Å². The number of rotatable bonds is 1. The van der Waals surface area contributed by atoms with E-state index in [1.165, 1.54) is 6.92 Å². The molecule has 1 aliphatic rings. The lowest BCUT2D eigenvalue weighted by molar-refractivity contribution is -0.114. The van der Waals surface area contributed by atoms with Crippen molar-refractivity contribution in [1.29, 1.82) is 0 Å². The Labute approximate surface area is 149 Å². The van der Waals surface area contributed by atoms with Crippen LogP contribution in [-0.2, 0) is 4.79 Å². The molecule has 1 aliphatic carbocycles. The summed E-state index contributed by atoms with van der Waals surface area (Å²) in [6.45, 7) is 1.50. The first-order chi connectivity index (χ1) is 12.5. The summed E-state index contributed by atoms with van der Waals surface area (Å²) in [5, 5.41) is 29.7. The topological polar surface area (TPSA) is 69.6 Å². The molecule has 4 aromatic rings. The van der Waals surface area contributed by atoms with Crippen LogP contribution in [0.2, 0.25) is 0 Å². The van der Waals surface area contributed by atoms with Gasteiger partial charge in [0, 0.05) is 18.0 Å². The van der Waals surface area contributed by atoms with Gasteiger partial charge in [-0.3, -0.25) is 4.79 Å². The molecular formula is C22H17NO3. The molecule has 2 atom stereocenters. The van der Waals surface area contributed by atoms with E-state index in [1.54, 1.807) is 6.08 Å². The first-order valence-corrected chi connectivity index (χ1v) is 8.61. The Morgan fingerprint density at radius 1 is 1.00 bits per heavy atom. The Hall–Kier alpha value is -2.95. The average Bonchev–Trinajstić information content (AvgIpc) is 2.62. The van der Waals surface area contributed by atoms with Gasteiger partial charge < -0.3 is 15.5 Å². The molecule has 0 saturated heterocycles. The van der Waals surface area contributed by atoms with Crippen molar-refractivity contribution in [3.63, 3.8) is 0 Å². The smallest absolute Gasteiger partial charge is 0.221 e. The molecule has 0 saturated carbocycles. The summed E-state index contributed by atoms with van der Waals surface area (Å²) in [5.74, 6) is -0.111. The predicted octanol–water partition coefficient (Wildman–Crippen LogP) is 3.96. The van der Waals surface area contributed by atoms with E-state index >= 15 is 0 Å². The Balaban J connectivity index is 1.99. The average molecular weight is 343 g/mol. The van der Waals surface area contributed by atoms with E-state index in [4.69, 9.17) is 0 Å². The van der Waals surface area contributed by atoms with Crippen molar-refractivity contribution in [2.24, 2.45) is 0 Å². The van der Waals surface area contributed by atoms with Crippen LogP contribution < -0.4 is 5.32 Å². The van der Waals surface area contributed by atoms with Crippen LogP contribution in [0.1, 0.15) is 24.2 Å². The molecule has 0 fully saturated rings. The second kappa shape index (κ2) is 5.27. The van der Waals surface area contributed by atoms with Gasteiger partial charge >= 0.3 is 0 Å². The van der Waals surface area contributed by atoms with Crippen LogP contribution in [0, 0.1) is 0 Å². The summed E-state index contributed by atoms with van der Waals surface area (Å²) in [6, 6.07) is 14.1. The zero-order valence-electron chi connectivity index (χ0n) is 14.2. The van der Waals surface area contributed by atoms with E-state index < -0.39 is 12.2 Å². The van der Waals surface area contributed by atoms with Gasteiger partial charge in [-0.15, -0.1) is 0 Å². The highest BCUT2D eigenvalue weighted by Gasteiger charge is 2.26. The summed E-state index contributed by atoms with van der Waals surface area (Å²) in [5.41, 5.74) is 2.43. The quantitative estimate of drug-likeness (QED) is 0.458. The Morgan fingerprint density at radius 2 is 1.81 bits per heavy atom. The van der Waals surface area contributed by atoms with Crippen molar-refractivity contribution < 1.29 is 15.0 Å². The number of amides is 1. The fraction of sp³-hybridized carbons (Fsp3) is 0.136.